The predicted octanol–water partition coefficient (Wildman–Crippen LogP) is 4.42. The van der Waals surface area contributed by atoms with Gasteiger partial charge >= 0.3 is 5.97 Å². The molecule has 0 N–H and O–H groups in total. The molecule has 0 spiro atoms. The van der Waals surface area contributed by atoms with Crippen molar-refractivity contribution < 1.29 is 14.3 Å². The summed E-state index contributed by atoms with van der Waals surface area (Å²) in [6.07, 6.45) is 6.05. The van der Waals surface area contributed by atoms with Gasteiger partial charge in [0.15, 0.2) is 0 Å². The fourth-order valence-electron chi connectivity index (χ4n) is 3.15. The van der Waals surface area contributed by atoms with E-state index in [1.165, 1.54) is 0 Å². The lowest BCUT2D eigenvalue weighted by Crippen LogP contribution is -2.35. The molecule has 4 nitrogen and oxygen atoms in total. The van der Waals surface area contributed by atoms with Crippen molar-refractivity contribution in [3.8, 4) is 0 Å². The topological polar surface area (TPSA) is 46.6 Å². The monoisotopic (exact) mass is 339 g/mol. The normalized spacial score (nSPS) is 29.6. The van der Waals surface area contributed by atoms with E-state index in [1.54, 1.807) is 0 Å². The fourth-order valence-corrected chi connectivity index (χ4v) is 3.15. The third kappa shape index (κ3) is 7.23. The van der Waals surface area contributed by atoms with Gasteiger partial charge in [-0.05, 0) is 37.0 Å². The number of cyclic esters (lactones) is 1. The average molecular weight is 340 g/mol. The molecule has 1 fully saturated rings. The molecule has 4 heteroatoms. The minimum Gasteiger partial charge on any atom is -0.462 e. The van der Waals surface area contributed by atoms with Gasteiger partial charge in [-0.1, -0.05) is 47.5 Å². The molecule has 0 aromatic heterocycles. The molecule has 0 aliphatic carbocycles. The second-order valence-corrected chi connectivity index (χ2v) is 8.74. The first kappa shape index (κ1) is 21.0. The molecule has 0 aromatic carbocycles. The van der Waals surface area contributed by atoms with Crippen molar-refractivity contribution >= 4 is 11.9 Å². The van der Waals surface area contributed by atoms with Gasteiger partial charge in [0.25, 0.3) is 0 Å². The number of carbonyl (C=O) groups excluding carboxylic acids is 2. The first-order valence-electron chi connectivity index (χ1n) is 9.55. The molecule has 1 aliphatic rings. The van der Waals surface area contributed by atoms with Crippen molar-refractivity contribution in [3.05, 3.63) is 0 Å². The number of hydrogen-bond donors (Lipinski definition) is 0. The van der Waals surface area contributed by atoms with Gasteiger partial charge in [-0.3, -0.25) is 9.59 Å². The van der Waals surface area contributed by atoms with E-state index in [0.717, 1.165) is 45.1 Å². The Balaban J connectivity index is 2.80. The Morgan fingerprint density at radius 2 is 1.71 bits per heavy atom. The summed E-state index contributed by atoms with van der Waals surface area (Å²) in [6.45, 7) is 11.3. The second-order valence-electron chi connectivity index (χ2n) is 8.74. The molecule has 1 aliphatic heterocycles. The summed E-state index contributed by atoms with van der Waals surface area (Å²) in [5.74, 6) is 0.545. The van der Waals surface area contributed by atoms with Crippen LogP contribution in [-0.2, 0) is 14.3 Å². The van der Waals surface area contributed by atoms with E-state index in [1.807, 2.05) is 18.9 Å². The van der Waals surface area contributed by atoms with Crippen molar-refractivity contribution in [2.24, 2.45) is 17.3 Å². The number of rotatable bonds is 0. The smallest absolute Gasteiger partial charge is 0.308 e. The maximum Gasteiger partial charge on any atom is 0.308 e. The highest BCUT2D eigenvalue weighted by Gasteiger charge is 2.31. The first-order valence-corrected chi connectivity index (χ1v) is 9.55. The number of esters is 1. The van der Waals surface area contributed by atoms with Gasteiger partial charge in [0.05, 0.1) is 5.92 Å². The van der Waals surface area contributed by atoms with E-state index in [2.05, 4.69) is 27.7 Å². The minimum absolute atomic E-state index is 0.0619. The van der Waals surface area contributed by atoms with Crippen LogP contribution in [0.4, 0.5) is 0 Å². The maximum atomic E-state index is 12.4. The third-order valence-corrected chi connectivity index (χ3v) is 5.14. The summed E-state index contributed by atoms with van der Waals surface area (Å²) >= 11 is 0. The molecule has 1 heterocycles. The Hall–Kier alpha value is -1.06. The van der Waals surface area contributed by atoms with Gasteiger partial charge in [-0.2, -0.15) is 0 Å². The lowest BCUT2D eigenvalue weighted by molar-refractivity contribution is -0.160. The SMILES string of the molecule is C[C@@H]1CCCC(=O)N(C)CCCC[C@@H](C)C(=O)O[C@@H](C(C)(C)C)C1. The van der Waals surface area contributed by atoms with Crippen molar-refractivity contribution in [2.75, 3.05) is 13.6 Å². The highest BCUT2D eigenvalue weighted by Crippen LogP contribution is 2.30. The second kappa shape index (κ2) is 9.43. The van der Waals surface area contributed by atoms with Crippen molar-refractivity contribution in [1.82, 2.24) is 4.90 Å². The van der Waals surface area contributed by atoms with Crippen LogP contribution in [-0.4, -0.2) is 36.5 Å². The summed E-state index contributed by atoms with van der Waals surface area (Å²) in [5.41, 5.74) is -0.0619. The molecule has 0 unspecified atom stereocenters. The summed E-state index contributed by atoms with van der Waals surface area (Å²) in [6, 6.07) is 0. The van der Waals surface area contributed by atoms with Gasteiger partial charge < -0.3 is 9.64 Å². The number of carbonyl (C=O) groups is 2. The van der Waals surface area contributed by atoms with E-state index in [4.69, 9.17) is 4.74 Å². The molecular formula is C20H37NO3. The Morgan fingerprint density at radius 3 is 2.33 bits per heavy atom. The van der Waals surface area contributed by atoms with Crippen molar-refractivity contribution in [3.63, 3.8) is 0 Å². The van der Waals surface area contributed by atoms with Crippen LogP contribution in [0, 0.1) is 17.3 Å². The molecule has 0 aromatic rings. The van der Waals surface area contributed by atoms with Crippen molar-refractivity contribution in [2.45, 2.75) is 85.7 Å². The molecule has 0 radical (unpaired) electrons. The van der Waals surface area contributed by atoms with Crippen LogP contribution in [0.3, 0.4) is 0 Å². The Morgan fingerprint density at radius 1 is 1.04 bits per heavy atom. The van der Waals surface area contributed by atoms with Crippen molar-refractivity contribution in [1.29, 1.82) is 0 Å². The number of amides is 1. The molecule has 24 heavy (non-hydrogen) atoms. The lowest BCUT2D eigenvalue weighted by Gasteiger charge is -2.33. The molecule has 1 rings (SSSR count). The van der Waals surface area contributed by atoms with Crippen LogP contribution in [0.2, 0.25) is 0 Å². The summed E-state index contributed by atoms with van der Waals surface area (Å²) in [5, 5.41) is 0. The summed E-state index contributed by atoms with van der Waals surface area (Å²) in [4.78, 5) is 26.4. The minimum atomic E-state index is -0.0729. The molecule has 0 bridgehead atoms. The quantitative estimate of drug-likeness (QED) is 0.614. The number of ether oxygens (including phenoxy) is 1. The van der Waals surface area contributed by atoms with E-state index in [0.29, 0.717) is 12.3 Å². The van der Waals surface area contributed by atoms with E-state index in [9.17, 15) is 9.59 Å². The van der Waals surface area contributed by atoms with Gasteiger partial charge in [0, 0.05) is 20.0 Å². The van der Waals surface area contributed by atoms with E-state index < -0.39 is 0 Å². The maximum absolute atomic E-state index is 12.4. The number of hydrogen-bond acceptors (Lipinski definition) is 3. The Kier molecular flexibility index (Phi) is 8.24. The largest absolute Gasteiger partial charge is 0.462 e. The van der Waals surface area contributed by atoms with Crippen LogP contribution in [0.5, 0.6) is 0 Å². The zero-order valence-electron chi connectivity index (χ0n) is 16.6. The van der Waals surface area contributed by atoms with Gasteiger partial charge in [0.2, 0.25) is 5.91 Å². The van der Waals surface area contributed by atoms with Gasteiger partial charge in [0.1, 0.15) is 6.10 Å². The zero-order chi connectivity index (χ0) is 18.3. The van der Waals surface area contributed by atoms with Crippen LogP contribution >= 0.6 is 0 Å². The molecule has 1 saturated heterocycles. The van der Waals surface area contributed by atoms with Gasteiger partial charge in [-0.15, -0.1) is 0 Å². The van der Waals surface area contributed by atoms with Gasteiger partial charge in [-0.25, -0.2) is 0 Å². The lowest BCUT2D eigenvalue weighted by atomic mass is 9.82. The van der Waals surface area contributed by atoms with Crippen LogP contribution in [0.1, 0.15) is 79.6 Å². The van der Waals surface area contributed by atoms with Crippen LogP contribution in [0.25, 0.3) is 0 Å². The standard InChI is InChI=1S/C20H37NO3/c1-15-10-9-12-18(22)21(6)13-8-7-11-16(2)19(23)24-17(14-15)20(3,4)5/h15-17H,7-14H2,1-6H3/t15-,16-,17-/m1/s1. The highest BCUT2D eigenvalue weighted by atomic mass is 16.5. The first-order chi connectivity index (χ1) is 11.1. The Bertz CT molecular complexity index is 414. The molecule has 140 valence electrons. The molecule has 0 saturated carbocycles. The zero-order valence-corrected chi connectivity index (χ0v) is 16.6. The Labute approximate surface area is 148 Å². The summed E-state index contributed by atoms with van der Waals surface area (Å²) in [7, 11) is 1.89. The fraction of sp³-hybridized carbons (Fsp3) is 0.900. The van der Waals surface area contributed by atoms with E-state index in [-0.39, 0.29) is 29.3 Å². The molecule has 3 atom stereocenters. The number of nitrogens with zero attached hydrogens (tertiary/aromatic N) is 1. The van der Waals surface area contributed by atoms with Crippen LogP contribution < -0.4 is 0 Å². The predicted molar refractivity (Wildman–Crippen MR) is 97.6 cm³/mol. The highest BCUT2D eigenvalue weighted by molar-refractivity contribution is 5.75. The van der Waals surface area contributed by atoms with E-state index >= 15 is 0 Å². The van der Waals surface area contributed by atoms with Crippen LogP contribution in [0.15, 0.2) is 0 Å². The summed E-state index contributed by atoms with van der Waals surface area (Å²) < 4.78 is 5.90. The average Bonchev–Trinajstić information content (AvgIpc) is 2.48. The third-order valence-electron chi connectivity index (χ3n) is 5.14. The molecular weight excluding hydrogens is 302 g/mol. The molecule has 1 amide bonds.